The van der Waals surface area contributed by atoms with Gasteiger partial charge in [-0.25, -0.2) is 4.39 Å². The van der Waals surface area contributed by atoms with Gasteiger partial charge < -0.3 is 20.7 Å². The number of pyridine rings is 1. The zero-order chi connectivity index (χ0) is 24.2. The summed E-state index contributed by atoms with van der Waals surface area (Å²) in [4.78, 5) is 35.0. The molecule has 5 unspecified atom stereocenters. The summed E-state index contributed by atoms with van der Waals surface area (Å²) in [5.74, 6) is -1.55. The van der Waals surface area contributed by atoms with Crippen molar-refractivity contribution in [1.29, 1.82) is 0 Å². The monoisotopic (exact) mass is 498 g/mol. The molecule has 4 rings (SSSR count). The number of nitroso groups, excluding NO2 is 1. The second kappa shape index (κ2) is 11.2. The van der Waals surface area contributed by atoms with Crippen LogP contribution in [0.15, 0.2) is 17.6 Å². The zero-order valence-corrected chi connectivity index (χ0v) is 20.0. The number of amides is 1. The van der Waals surface area contributed by atoms with Crippen molar-refractivity contribution in [2.24, 2.45) is 16.8 Å². The Bertz CT molecular complexity index is 868. The van der Waals surface area contributed by atoms with Gasteiger partial charge >= 0.3 is 0 Å². The number of alkyl halides is 1. The highest BCUT2D eigenvalue weighted by Gasteiger charge is 2.40. The molecule has 1 amide bonds. The van der Waals surface area contributed by atoms with Crippen molar-refractivity contribution < 1.29 is 13.9 Å². The molecule has 1 aromatic heterocycles. The van der Waals surface area contributed by atoms with Crippen molar-refractivity contribution in [3.63, 3.8) is 0 Å². The molecule has 188 valence electrons. The SMILES string of the molecule is CN1CC(F)CNC1C(C(=O)Nc1cncc(Cl)c1N1CCN(C2CCOC2)CC1)C(N)N=O. The topological polar surface area (TPSA) is 128 Å². The number of carbonyl (C=O) groups is 1. The highest BCUT2D eigenvalue weighted by molar-refractivity contribution is 6.34. The second-order valence-electron chi connectivity index (χ2n) is 9.06. The number of halogens is 2. The van der Waals surface area contributed by atoms with E-state index in [1.807, 2.05) is 0 Å². The van der Waals surface area contributed by atoms with Crippen LogP contribution in [0.1, 0.15) is 6.42 Å². The highest BCUT2D eigenvalue weighted by Crippen LogP contribution is 2.34. The van der Waals surface area contributed by atoms with Crippen LogP contribution in [0.4, 0.5) is 15.8 Å². The van der Waals surface area contributed by atoms with Gasteiger partial charge in [-0.3, -0.25) is 24.9 Å². The van der Waals surface area contributed by atoms with Gasteiger partial charge in [-0.05, 0) is 13.5 Å². The fourth-order valence-corrected chi connectivity index (χ4v) is 5.30. The average molecular weight is 499 g/mol. The van der Waals surface area contributed by atoms with Gasteiger partial charge in [0.25, 0.3) is 0 Å². The Kier molecular flexibility index (Phi) is 8.27. The lowest BCUT2D eigenvalue weighted by Crippen LogP contribution is -2.62. The summed E-state index contributed by atoms with van der Waals surface area (Å²) < 4.78 is 19.3. The van der Waals surface area contributed by atoms with E-state index in [4.69, 9.17) is 22.1 Å². The molecule has 3 saturated heterocycles. The summed E-state index contributed by atoms with van der Waals surface area (Å²) in [6.45, 7) is 4.90. The number of ether oxygens (including phenoxy) is 1. The van der Waals surface area contributed by atoms with Crippen molar-refractivity contribution in [2.75, 3.05) is 69.7 Å². The Morgan fingerprint density at radius 1 is 1.38 bits per heavy atom. The van der Waals surface area contributed by atoms with E-state index in [-0.39, 0.29) is 13.1 Å². The minimum atomic E-state index is -1.32. The first-order chi connectivity index (χ1) is 16.4. The van der Waals surface area contributed by atoms with Crippen LogP contribution in [0.2, 0.25) is 5.02 Å². The van der Waals surface area contributed by atoms with Gasteiger partial charge in [0, 0.05) is 58.1 Å². The molecule has 0 aliphatic carbocycles. The number of rotatable bonds is 7. The maximum Gasteiger partial charge on any atom is 0.234 e. The number of nitrogens with one attached hydrogen (secondary N) is 2. The number of hydrogen-bond donors (Lipinski definition) is 3. The zero-order valence-electron chi connectivity index (χ0n) is 19.2. The lowest BCUT2D eigenvalue weighted by atomic mass is 9.98. The van der Waals surface area contributed by atoms with E-state index in [1.165, 1.54) is 12.4 Å². The van der Waals surface area contributed by atoms with E-state index in [9.17, 15) is 14.1 Å². The molecule has 13 heteroatoms. The van der Waals surface area contributed by atoms with Gasteiger partial charge in [0.05, 0.1) is 35.4 Å². The predicted molar refractivity (Wildman–Crippen MR) is 127 cm³/mol. The average Bonchev–Trinajstić information content (AvgIpc) is 3.36. The largest absolute Gasteiger partial charge is 0.380 e. The molecule has 3 aliphatic heterocycles. The molecule has 4 N–H and O–H groups in total. The number of anilines is 2. The number of carbonyl (C=O) groups excluding carboxylic acids is 1. The first-order valence-corrected chi connectivity index (χ1v) is 11.9. The van der Waals surface area contributed by atoms with Crippen molar-refractivity contribution in [1.82, 2.24) is 20.1 Å². The van der Waals surface area contributed by atoms with Gasteiger partial charge in [0.1, 0.15) is 12.1 Å². The fourth-order valence-electron chi connectivity index (χ4n) is 5.02. The molecule has 4 heterocycles. The van der Waals surface area contributed by atoms with E-state index in [0.29, 0.717) is 22.4 Å². The summed E-state index contributed by atoms with van der Waals surface area (Å²) in [5.41, 5.74) is 7.02. The number of nitrogens with two attached hydrogens (primary N) is 1. The molecule has 5 atom stereocenters. The Balaban J connectivity index is 1.50. The van der Waals surface area contributed by atoms with Gasteiger partial charge in [0.15, 0.2) is 6.17 Å². The lowest BCUT2D eigenvalue weighted by molar-refractivity contribution is -0.124. The van der Waals surface area contributed by atoms with Gasteiger partial charge in [0.2, 0.25) is 5.91 Å². The molecule has 0 aromatic carbocycles. The van der Waals surface area contributed by atoms with Gasteiger partial charge in [-0.2, -0.15) is 0 Å². The van der Waals surface area contributed by atoms with E-state index in [2.05, 4.69) is 30.6 Å². The molecule has 0 saturated carbocycles. The van der Waals surface area contributed by atoms with Crippen molar-refractivity contribution in [2.45, 2.75) is 31.0 Å². The Morgan fingerprint density at radius 2 is 2.15 bits per heavy atom. The van der Waals surface area contributed by atoms with Crippen LogP contribution in [0, 0.1) is 10.8 Å². The minimum absolute atomic E-state index is 0.0602. The molecule has 0 bridgehead atoms. The number of nitrogens with zero attached hydrogens (tertiary/aromatic N) is 5. The third-order valence-corrected chi connectivity index (χ3v) is 7.10. The second-order valence-corrected chi connectivity index (χ2v) is 9.47. The van der Waals surface area contributed by atoms with Crippen LogP contribution in [-0.4, -0.2) is 105 Å². The maximum atomic E-state index is 13.8. The van der Waals surface area contributed by atoms with Crippen LogP contribution in [-0.2, 0) is 9.53 Å². The normalized spacial score (nSPS) is 28.5. The minimum Gasteiger partial charge on any atom is -0.380 e. The molecule has 0 spiro atoms. The smallest absolute Gasteiger partial charge is 0.234 e. The van der Waals surface area contributed by atoms with E-state index >= 15 is 0 Å². The maximum absolute atomic E-state index is 13.8. The molecule has 34 heavy (non-hydrogen) atoms. The van der Waals surface area contributed by atoms with E-state index in [1.54, 1.807) is 11.9 Å². The van der Waals surface area contributed by atoms with Gasteiger partial charge in [-0.15, -0.1) is 4.91 Å². The van der Waals surface area contributed by atoms with E-state index < -0.39 is 30.3 Å². The van der Waals surface area contributed by atoms with Crippen LogP contribution in [0.3, 0.4) is 0 Å². The highest BCUT2D eigenvalue weighted by atomic mass is 35.5. The Morgan fingerprint density at radius 3 is 2.79 bits per heavy atom. The Hall–Kier alpha value is -1.96. The third-order valence-electron chi connectivity index (χ3n) is 6.83. The van der Waals surface area contributed by atoms with Gasteiger partial charge in [-0.1, -0.05) is 16.8 Å². The van der Waals surface area contributed by atoms with Crippen molar-refractivity contribution in [3.8, 4) is 0 Å². The van der Waals surface area contributed by atoms with Crippen molar-refractivity contribution >= 4 is 28.9 Å². The molecular formula is C21H32ClFN8O3. The molecule has 3 fully saturated rings. The first kappa shape index (κ1) is 25.1. The number of piperazine rings is 1. The van der Waals surface area contributed by atoms with Crippen LogP contribution < -0.4 is 21.3 Å². The van der Waals surface area contributed by atoms with Crippen LogP contribution in [0.5, 0.6) is 0 Å². The Labute approximate surface area is 203 Å². The number of hydrogen-bond acceptors (Lipinski definition) is 10. The molecule has 0 radical (unpaired) electrons. The summed E-state index contributed by atoms with van der Waals surface area (Å²) in [6, 6.07) is 0.441. The van der Waals surface area contributed by atoms with E-state index in [0.717, 1.165) is 45.8 Å². The molecule has 11 nitrogen and oxygen atoms in total. The lowest BCUT2D eigenvalue weighted by Gasteiger charge is -2.40. The summed E-state index contributed by atoms with van der Waals surface area (Å²) >= 11 is 6.52. The number of aromatic nitrogens is 1. The third kappa shape index (κ3) is 5.47. The molecule has 1 aromatic rings. The van der Waals surface area contributed by atoms with Crippen LogP contribution in [0.25, 0.3) is 0 Å². The first-order valence-electron chi connectivity index (χ1n) is 11.6. The van der Waals surface area contributed by atoms with Crippen LogP contribution >= 0.6 is 11.6 Å². The molecular weight excluding hydrogens is 467 g/mol. The van der Waals surface area contributed by atoms with Crippen molar-refractivity contribution in [3.05, 3.63) is 22.3 Å². The molecule has 3 aliphatic rings. The summed E-state index contributed by atoms with van der Waals surface area (Å²) in [7, 11) is 1.67. The quantitative estimate of drug-likeness (QED) is 0.459. The standard InChI is InChI=1S/C21H32ClFN8O3/c1-29-11-13(23)8-26-20(29)17(19(24)28-33)21(32)27-16-10-25-9-15(22)18(16)31-5-3-30(4-6-31)14-2-7-34-12-14/h9-10,13-14,17,19-20,26H,2-8,11-12,24H2,1H3,(H,27,32). The fraction of sp³-hybridized carbons (Fsp3) is 0.714. The summed E-state index contributed by atoms with van der Waals surface area (Å²) in [6.07, 6.45) is 1.07. The predicted octanol–water partition coefficient (Wildman–Crippen LogP) is 0.451. The summed E-state index contributed by atoms with van der Waals surface area (Å²) in [5, 5.41) is 9.13.